The Kier molecular flexibility index (Phi) is 4.40. The number of anilines is 1. The molecule has 2 amide bonds. The van der Waals surface area contributed by atoms with E-state index in [0.29, 0.717) is 17.2 Å². The minimum Gasteiger partial charge on any atom is -0.334 e. The van der Waals surface area contributed by atoms with E-state index in [2.05, 4.69) is 39.6 Å². The Hall–Kier alpha value is -2.10. The molecule has 1 heterocycles. The first-order chi connectivity index (χ1) is 10.3. The van der Waals surface area contributed by atoms with E-state index in [9.17, 15) is 9.59 Å². The topological polar surface area (TPSA) is 49.4 Å². The number of carbonyl (C=O) groups excluding carboxylic acids is 2. The van der Waals surface area contributed by atoms with Gasteiger partial charge >= 0.3 is 0 Å². The van der Waals surface area contributed by atoms with Crippen LogP contribution in [0, 0.1) is 11.3 Å². The van der Waals surface area contributed by atoms with Crippen LogP contribution in [0.25, 0.3) is 0 Å². The van der Waals surface area contributed by atoms with Gasteiger partial charge in [0.25, 0.3) is 5.91 Å². The Morgan fingerprint density at radius 3 is 2.36 bits per heavy atom. The molecule has 4 heteroatoms. The molecule has 118 valence electrons. The molecule has 0 spiro atoms. The Bertz CT molecular complexity index is 588. The fourth-order valence-corrected chi connectivity index (χ4v) is 3.46. The van der Waals surface area contributed by atoms with Crippen molar-refractivity contribution in [3.8, 4) is 0 Å². The van der Waals surface area contributed by atoms with Gasteiger partial charge in [-0.25, -0.2) is 0 Å². The second-order valence-corrected chi connectivity index (χ2v) is 6.88. The van der Waals surface area contributed by atoms with Crippen LogP contribution >= 0.6 is 0 Å². The summed E-state index contributed by atoms with van der Waals surface area (Å²) in [6.45, 7) is 12.9. The lowest BCUT2D eigenvalue weighted by molar-refractivity contribution is -0.111. The summed E-state index contributed by atoms with van der Waals surface area (Å²) in [6, 6.07) is 7.25. The molecule has 1 fully saturated rings. The number of likely N-dealkylation sites (tertiary alicyclic amines) is 1. The van der Waals surface area contributed by atoms with Crippen LogP contribution in [0.2, 0.25) is 0 Å². The number of hydrogen-bond acceptors (Lipinski definition) is 2. The summed E-state index contributed by atoms with van der Waals surface area (Å²) in [6.07, 6.45) is 1.22. The number of benzene rings is 1. The largest absolute Gasteiger partial charge is 0.334 e. The summed E-state index contributed by atoms with van der Waals surface area (Å²) < 4.78 is 0. The minimum absolute atomic E-state index is 0.0552. The number of nitrogens with zero attached hydrogens (tertiary/aromatic N) is 1. The third kappa shape index (κ3) is 3.06. The molecule has 0 aliphatic carbocycles. The first kappa shape index (κ1) is 16.3. The van der Waals surface area contributed by atoms with Crippen LogP contribution in [-0.2, 0) is 4.79 Å². The number of amides is 2. The summed E-state index contributed by atoms with van der Waals surface area (Å²) in [5.74, 6) is 0.224. The molecule has 22 heavy (non-hydrogen) atoms. The van der Waals surface area contributed by atoms with Gasteiger partial charge in [-0.05, 0) is 36.3 Å². The number of carbonyl (C=O) groups is 2. The lowest BCUT2D eigenvalue weighted by Crippen LogP contribution is -2.65. The smallest absolute Gasteiger partial charge is 0.254 e. The van der Waals surface area contributed by atoms with Gasteiger partial charge in [0, 0.05) is 29.3 Å². The Morgan fingerprint density at radius 1 is 1.32 bits per heavy atom. The van der Waals surface area contributed by atoms with Crippen molar-refractivity contribution in [3.05, 3.63) is 42.5 Å². The van der Waals surface area contributed by atoms with Gasteiger partial charge in [0.2, 0.25) is 5.91 Å². The molecule has 1 atom stereocenters. The molecular weight excluding hydrogens is 276 g/mol. The fraction of sp³-hybridized carbons (Fsp3) is 0.444. The lowest BCUT2D eigenvalue weighted by Gasteiger charge is -2.56. The second-order valence-electron chi connectivity index (χ2n) is 6.88. The summed E-state index contributed by atoms with van der Waals surface area (Å²) in [4.78, 5) is 25.8. The molecule has 1 aliphatic heterocycles. The zero-order chi connectivity index (χ0) is 16.5. The summed E-state index contributed by atoms with van der Waals surface area (Å²) >= 11 is 0. The molecule has 1 aliphatic rings. The predicted octanol–water partition coefficient (Wildman–Crippen LogP) is 3.32. The van der Waals surface area contributed by atoms with Gasteiger partial charge in [0.05, 0.1) is 0 Å². The van der Waals surface area contributed by atoms with Gasteiger partial charge in [-0.1, -0.05) is 34.3 Å². The van der Waals surface area contributed by atoms with Gasteiger partial charge in [0.15, 0.2) is 0 Å². The molecular formula is C18H24N2O2. The molecule has 0 radical (unpaired) electrons. The Morgan fingerprint density at radius 2 is 1.91 bits per heavy atom. The van der Waals surface area contributed by atoms with Crippen LogP contribution in [0.4, 0.5) is 5.69 Å². The fourth-order valence-electron chi connectivity index (χ4n) is 3.46. The zero-order valence-electron chi connectivity index (χ0n) is 13.7. The van der Waals surface area contributed by atoms with Crippen LogP contribution in [0.15, 0.2) is 36.9 Å². The number of nitrogens with one attached hydrogen (secondary N) is 1. The van der Waals surface area contributed by atoms with Crippen molar-refractivity contribution in [1.82, 2.24) is 4.90 Å². The summed E-state index contributed by atoms with van der Waals surface area (Å²) in [7, 11) is 0. The van der Waals surface area contributed by atoms with Crippen molar-refractivity contribution in [1.29, 1.82) is 0 Å². The van der Waals surface area contributed by atoms with E-state index in [-0.39, 0.29) is 23.3 Å². The first-order valence-electron chi connectivity index (χ1n) is 7.60. The SMILES string of the molecule is C=CC(=O)Nc1ccc(C(=O)N2CC(C)(C)C2C(C)C)cc1. The Labute approximate surface area is 132 Å². The highest BCUT2D eigenvalue weighted by molar-refractivity contribution is 6.00. The minimum atomic E-state index is -0.261. The average molecular weight is 300 g/mol. The van der Waals surface area contributed by atoms with E-state index in [1.165, 1.54) is 6.08 Å². The van der Waals surface area contributed by atoms with E-state index in [1.54, 1.807) is 24.3 Å². The highest BCUT2D eigenvalue weighted by atomic mass is 16.2. The number of hydrogen-bond donors (Lipinski definition) is 1. The van der Waals surface area contributed by atoms with Crippen molar-refractivity contribution < 1.29 is 9.59 Å². The molecule has 2 rings (SSSR count). The summed E-state index contributed by atoms with van der Waals surface area (Å²) in [5, 5.41) is 2.67. The van der Waals surface area contributed by atoms with Gasteiger partial charge in [-0.2, -0.15) is 0 Å². The molecule has 1 N–H and O–H groups in total. The highest BCUT2D eigenvalue weighted by Crippen LogP contribution is 2.41. The maximum absolute atomic E-state index is 12.6. The van der Waals surface area contributed by atoms with Crippen molar-refractivity contribution in [2.75, 3.05) is 11.9 Å². The first-order valence-corrected chi connectivity index (χ1v) is 7.60. The molecule has 0 aromatic heterocycles. The average Bonchev–Trinajstić information content (AvgIpc) is 2.44. The summed E-state index contributed by atoms with van der Waals surface area (Å²) in [5.41, 5.74) is 1.48. The van der Waals surface area contributed by atoms with E-state index in [1.807, 2.05) is 4.90 Å². The molecule has 1 aromatic rings. The van der Waals surface area contributed by atoms with Crippen molar-refractivity contribution in [3.63, 3.8) is 0 Å². The van der Waals surface area contributed by atoms with Gasteiger partial charge in [-0.3, -0.25) is 9.59 Å². The maximum Gasteiger partial charge on any atom is 0.254 e. The third-order valence-electron chi connectivity index (χ3n) is 4.19. The van der Waals surface area contributed by atoms with Crippen molar-refractivity contribution in [2.45, 2.75) is 33.7 Å². The van der Waals surface area contributed by atoms with Crippen LogP contribution in [0.1, 0.15) is 38.1 Å². The molecule has 1 aromatic carbocycles. The van der Waals surface area contributed by atoms with E-state index < -0.39 is 0 Å². The van der Waals surface area contributed by atoms with Gasteiger partial charge in [0.1, 0.15) is 0 Å². The van der Waals surface area contributed by atoms with Crippen LogP contribution in [-0.4, -0.2) is 29.3 Å². The standard InChI is InChI=1S/C18H24N2O2/c1-6-15(21)19-14-9-7-13(8-10-14)17(22)20-11-18(4,5)16(20)12(2)3/h6-10,12,16H,1,11H2,2-5H3,(H,19,21). The second kappa shape index (κ2) is 5.95. The predicted molar refractivity (Wildman–Crippen MR) is 88.7 cm³/mol. The third-order valence-corrected chi connectivity index (χ3v) is 4.19. The Balaban J connectivity index is 2.10. The van der Waals surface area contributed by atoms with E-state index in [4.69, 9.17) is 0 Å². The highest BCUT2D eigenvalue weighted by Gasteiger charge is 2.49. The quantitative estimate of drug-likeness (QED) is 0.867. The van der Waals surface area contributed by atoms with Crippen LogP contribution < -0.4 is 5.32 Å². The van der Waals surface area contributed by atoms with Crippen LogP contribution in [0.5, 0.6) is 0 Å². The lowest BCUT2D eigenvalue weighted by atomic mass is 9.69. The van der Waals surface area contributed by atoms with Crippen molar-refractivity contribution >= 4 is 17.5 Å². The molecule has 1 unspecified atom stereocenters. The molecule has 0 bridgehead atoms. The maximum atomic E-state index is 12.6. The monoisotopic (exact) mass is 300 g/mol. The van der Waals surface area contributed by atoms with Crippen molar-refractivity contribution in [2.24, 2.45) is 11.3 Å². The van der Waals surface area contributed by atoms with Gasteiger partial charge < -0.3 is 10.2 Å². The molecule has 0 saturated carbocycles. The van der Waals surface area contributed by atoms with E-state index >= 15 is 0 Å². The number of rotatable bonds is 4. The normalized spacial score (nSPS) is 19.5. The zero-order valence-corrected chi connectivity index (χ0v) is 13.7. The van der Waals surface area contributed by atoms with Crippen LogP contribution in [0.3, 0.4) is 0 Å². The van der Waals surface area contributed by atoms with E-state index in [0.717, 1.165) is 6.54 Å². The molecule has 1 saturated heterocycles. The van der Waals surface area contributed by atoms with Gasteiger partial charge in [-0.15, -0.1) is 0 Å². The molecule has 4 nitrogen and oxygen atoms in total.